The average molecular weight is 247 g/mol. The lowest BCUT2D eigenvalue weighted by Gasteiger charge is -2.15. The van der Waals surface area contributed by atoms with Gasteiger partial charge in [-0.1, -0.05) is 13.8 Å². The number of aliphatic hydroxyl groups is 1. The maximum Gasteiger partial charge on any atom is 0.212 e. The van der Waals surface area contributed by atoms with Gasteiger partial charge in [0, 0.05) is 0 Å². The number of rotatable bonds is 6. The minimum atomic E-state index is -3.39. The standard InChI is InChI=1S/C10H17NO4S/c1-8(2)7-16(13,14)11-9(6-12)10-4-3-5-15-10/h3-5,8-9,11-12H,6-7H2,1-2H3. The van der Waals surface area contributed by atoms with Crippen LogP contribution in [0.15, 0.2) is 22.8 Å². The van der Waals surface area contributed by atoms with E-state index in [4.69, 9.17) is 9.52 Å². The molecule has 1 aromatic rings. The number of aliphatic hydroxyl groups excluding tert-OH is 1. The predicted molar refractivity (Wildman–Crippen MR) is 60.3 cm³/mol. The van der Waals surface area contributed by atoms with Crippen LogP contribution in [-0.4, -0.2) is 25.9 Å². The Hall–Kier alpha value is -0.850. The molecule has 0 aliphatic carbocycles. The van der Waals surface area contributed by atoms with Crippen molar-refractivity contribution in [2.24, 2.45) is 5.92 Å². The predicted octanol–water partition coefficient (Wildman–Crippen LogP) is 0.888. The molecular weight excluding hydrogens is 230 g/mol. The van der Waals surface area contributed by atoms with Crippen molar-refractivity contribution in [2.45, 2.75) is 19.9 Å². The van der Waals surface area contributed by atoms with Crippen LogP contribution < -0.4 is 4.72 Å². The van der Waals surface area contributed by atoms with Crippen LogP contribution in [0.4, 0.5) is 0 Å². The second kappa shape index (κ2) is 5.47. The van der Waals surface area contributed by atoms with E-state index < -0.39 is 16.1 Å². The highest BCUT2D eigenvalue weighted by Gasteiger charge is 2.21. The lowest BCUT2D eigenvalue weighted by atomic mass is 10.2. The van der Waals surface area contributed by atoms with E-state index in [0.29, 0.717) is 5.76 Å². The molecule has 2 N–H and O–H groups in total. The summed E-state index contributed by atoms with van der Waals surface area (Å²) < 4.78 is 30.7. The molecule has 0 fully saturated rings. The molecule has 92 valence electrons. The zero-order chi connectivity index (χ0) is 12.2. The molecule has 0 saturated heterocycles. The number of nitrogens with one attached hydrogen (secondary N) is 1. The van der Waals surface area contributed by atoms with Gasteiger partial charge in [0.25, 0.3) is 0 Å². The third kappa shape index (κ3) is 3.96. The molecule has 0 amide bonds. The van der Waals surface area contributed by atoms with E-state index in [9.17, 15) is 8.42 Å². The molecule has 0 saturated carbocycles. The van der Waals surface area contributed by atoms with Crippen LogP contribution in [0.25, 0.3) is 0 Å². The normalized spacial score (nSPS) is 14.2. The highest BCUT2D eigenvalue weighted by Crippen LogP contribution is 2.14. The Kier molecular flexibility index (Phi) is 4.52. The first kappa shape index (κ1) is 13.2. The van der Waals surface area contributed by atoms with E-state index in [2.05, 4.69) is 4.72 Å². The molecule has 0 aromatic carbocycles. The van der Waals surface area contributed by atoms with Crippen LogP contribution in [0.5, 0.6) is 0 Å². The van der Waals surface area contributed by atoms with E-state index in [1.807, 2.05) is 13.8 Å². The highest BCUT2D eigenvalue weighted by molar-refractivity contribution is 7.89. The van der Waals surface area contributed by atoms with E-state index in [1.54, 1.807) is 12.1 Å². The molecule has 1 rings (SSSR count). The fourth-order valence-corrected chi connectivity index (χ4v) is 2.98. The summed E-state index contributed by atoms with van der Waals surface area (Å²) >= 11 is 0. The number of sulfonamides is 1. The third-order valence-electron chi connectivity index (χ3n) is 1.94. The van der Waals surface area contributed by atoms with Gasteiger partial charge in [-0.05, 0) is 18.1 Å². The Morgan fingerprint density at radius 2 is 2.19 bits per heavy atom. The van der Waals surface area contributed by atoms with Gasteiger partial charge in [-0.15, -0.1) is 0 Å². The van der Waals surface area contributed by atoms with Crippen molar-refractivity contribution >= 4 is 10.0 Å². The van der Waals surface area contributed by atoms with Gasteiger partial charge in [-0.3, -0.25) is 0 Å². The number of furan rings is 1. The molecular formula is C10H17NO4S. The van der Waals surface area contributed by atoms with Crippen molar-refractivity contribution in [3.8, 4) is 0 Å². The molecule has 0 aliphatic heterocycles. The van der Waals surface area contributed by atoms with Gasteiger partial charge >= 0.3 is 0 Å². The van der Waals surface area contributed by atoms with Crippen molar-refractivity contribution in [3.63, 3.8) is 0 Å². The Morgan fingerprint density at radius 1 is 1.50 bits per heavy atom. The largest absolute Gasteiger partial charge is 0.468 e. The molecule has 0 spiro atoms. The second-order valence-electron chi connectivity index (χ2n) is 4.04. The first-order valence-corrected chi connectivity index (χ1v) is 6.74. The van der Waals surface area contributed by atoms with Crippen LogP contribution in [-0.2, 0) is 10.0 Å². The van der Waals surface area contributed by atoms with Gasteiger partial charge < -0.3 is 9.52 Å². The number of hydrogen-bond acceptors (Lipinski definition) is 4. The average Bonchev–Trinajstić information content (AvgIpc) is 2.64. The third-order valence-corrected chi connectivity index (χ3v) is 3.69. The molecule has 0 bridgehead atoms. The first-order valence-electron chi connectivity index (χ1n) is 5.09. The maximum atomic E-state index is 11.6. The Bertz CT molecular complexity index is 396. The monoisotopic (exact) mass is 247 g/mol. The minimum Gasteiger partial charge on any atom is -0.468 e. The summed E-state index contributed by atoms with van der Waals surface area (Å²) in [5.74, 6) is 0.479. The topological polar surface area (TPSA) is 79.5 Å². The first-order chi connectivity index (χ1) is 7.44. The summed E-state index contributed by atoms with van der Waals surface area (Å²) in [4.78, 5) is 0. The van der Waals surface area contributed by atoms with E-state index >= 15 is 0 Å². The van der Waals surface area contributed by atoms with Crippen molar-refractivity contribution in [1.29, 1.82) is 0 Å². The zero-order valence-corrected chi connectivity index (χ0v) is 10.2. The van der Waals surface area contributed by atoms with Crippen molar-refractivity contribution in [3.05, 3.63) is 24.2 Å². The summed E-state index contributed by atoms with van der Waals surface area (Å²) in [5.41, 5.74) is 0. The zero-order valence-electron chi connectivity index (χ0n) is 9.38. The van der Waals surface area contributed by atoms with Gasteiger partial charge in [0.2, 0.25) is 10.0 Å². The van der Waals surface area contributed by atoms with Gasteiger partial charge in [-0.25, -0.2) is 13.1 Å². The minimum absolute atomic E-state index is 0.0320. The van der Waals surface area contributed by atoms with E-state index in [-0.39, 0.29) is 18.3 Å². The van der Waals surface area contributed by atoms with Crippen molar-refractivity contribution in [1.82, 2.24) is 4.72 Å². The Morgan fingerprint density at radius 3 is 2.62 bits per heavy atom. The second-order valence-corrected chi connectivity index (χ2v) is 5.84. The van der Waals surface area contributed by atoms with Crippen molar-refractivity contribution in [2.75, 3.05) is 12.4 Å². The highest BCUT2D eigenvalue weighted by atomic mass is 32.2. The Balaban J connectivity index is 2.71. The molecule has 1 aromatic heterocycles. The number of hydrogen-bond donors (Lipinski definition) is 2. The molecule has 1 atom stereocenters. The molecule has 0 radical (unpaired) electrons. The lowest BCUT2D eigenvalue weighted by Crippen LogP contribution is -2.33. The van der Waals surface area contributed by atoms with Gasteiger partial charge in [0.05, 0.1) is 18.6 Å². The SMILES string of the molecule is CC(C)CS(=O)(=O)NC(CO)c1ccco1. The van der Waals surface area contributed by atoms with Crippen LogP contribution in [0, 0.1) is 5.92 Å². The van der Waals surface area contributed by atoms with Crippen LogP contribution in [0.1, 0.15) is 25.6 Å². The fraction of sp³-hybridized carbons (Fsp3) is 0.600. The summed E-state index contributed by atoms with van der Waals surface area (Å²) in [6.07, 6.45) is 1.44. The molecule has 16 heavy (non-hydrogen) atoms. The summed E-state index contributed by atoms with van der Waals surface area (Å²) in [7, 11) is -3.39. The maximum absolute atomic E-state index is 11.6. The van der Waals surface area contributed by atoms with Crippen LogP contribution in [0.3, 0.4) is 0 Å². The summed E-state index contributed by atoms with van der Waals surface area (Å²) in [5, 5.41) is 9.11. The molecule has 0 aliphatic rings. The van der Waals surface area contributed by atoms with Gasteiger partial charge in [0.1, 0.15) is 11.8 Å². The molecule has 1 heterocycles. The van der Waals surface area contributed by atoms with Gasteiger partial charge in [-0.2, -0.15) is 0 Å². The quantitative estimate of drug-likeness (QED) is 0.782. The van der Waals surface area contributed by atoms with Crippen molar-refractivity contribution < 1.29 is 17.9 Å². The smallest absolute Gasteiger partial charge is 0.212 e. The Labute approximate surface area is 95.5 Å². The summed E-state index contributed by atoms with van der Waals surface area (Å²) in [6.45, 7) is 3.31. The van der Waals surface area contributed by atoms with Crippen LogP contribution >= 0.6 is 0 Å². The fourth-order valence-electron chi connectivity index (χ4n) is 1.38. The molecule has 6 heteroatoms. The lowest BCUT2D eigenvalue weighted by molar-refractivity contribution is 0.241. The van der Waals surface area contributed by atoms with E-state index in [0.717, 1.165) is 0 Å². The van der Waals surface area contributed by atoms with E-state index in [1.165, 1.54) is 6.26 Å². The van der Waals surface area contributed by atoms with Gasteiger partial charge in [0.15, 0.2) is 0 Å². The molecule has 5 nitrogen and oxygen atoms in total. The molecule has 1 unspecified atom stereocenters. The van der Waals surface area contributed by atoms with Crippen LogP contribution in [0.2, 0.25) is 0 Å². The summed E-state index contributed by atoms with van der Waals surface area (Å²) in [6, 6.07) is 2.56.